The Morgan fingerprint density at radius 1 is 1.78 bits per heavy atom. The van der Waals surface area contributed by atoms with E-state index in [1.807, 2.05) is 0 Å². The molecule has 0 aliphatic carbocycles. The zero-order valence-corrected chi connectivity index (χ0v) is 7.16. The molecule has 1 atom stereocenters. The molecule has 0 aliphatic heterocycles. The van der Waals surface area contributed by atoms with E-state index in [4.69, 9.17) is 28.1 Å². The molecule has 0 rings (SSSR count). The molecule has 0 radical (unpaired) electrons. The fraction of sp³-hybridized carbons (Fsp3) is 1.00. The van der Waals surface area contributed by atoms with Crippen molar-refractivity contribution in [3.63, 3.8) is 0 Å². The molecule has 0 spiro atoms. The van der Waals surface area contributed by atoms with E-state index in [9.17, 15) is 4.57 Å². The van der Waals surface area contributed by atoms with Crippen LogP contribution in [0.5, 0.6) is 0 Å². The van der Waals surface area contributed by atoms with Crippen LogP contribution < -0.4 is 0 Å². The van der Waals surface area contributed by atoms with Crippen LogP contribution in [-0.2, 0) is 9.09 Å². The second kappa shape index (κ2) is 3.79. The molecule has 0 aromatic rings. The van der Waals surface area contributed by atoms with Gasteiger partial charge in [-0.05, 0) is 0 Å². The SMILES string of the molecule is CP(=O)(O)OCC(Cl)Cl. The number of hydrogen-bond donors (Lipinski definition) is 1. The molecule has 0 saturated carbocycles. The van der Waals surface area contributed by atoms with Crippen LogP contribution in [0.1, 0.15) is 0 Å². The Labute approximate surface area is 63.4 Å². The summed E-state index contributed by atoms with van der Waals surface area (Å²) in [5, 5.41) is 0. The van der Waals surface area contributed by atoms with Crippen LogP contribution in [0, 0.1) is 0 Å². The lowest BCUT2D eigenvalue weighted by Crippen LogP contribution is -1.99. The van der Waals surface area contributed by atoms with Crippen molar-refractivity contribution < 1.29 is 14.0 Å². The van der Waals surface area contributed by atoms with Crippen molar-refractivity contribution in [3.05, 3.63) is 0 Å². The minimum Gasteiger partial charge on any atom is -0.324 e. The maximum atomic E-state index is 10.3. The van der Waals surface area contributed by atoms with Crippen molar-refractivity contribution in [1.82, 2.24) is 0 Å². The third-order valence-electron chi connectivity index (χ3n) is 0.440. The quantitative estimate of drug-likeness (QED) is 0.547. The highest BCUT2D eigenvalue weighted by Gasteiger charge is 2.11. The number of rotatable bonds is 3. The average molecular weight is 193 g/mol. The van der Waals surface area contributed by atoms with Gasteiger partial charge in [0, 0.05) is 6.66 Å². The summed E-state index contributed by atoms with van der Waals surface area (Å²) in [6, 6.07) is 0. The fourth-order valence-corrected chi connectivity index (χ4v) is 0.922. The van der Waals surface area contributed by atoms with Crippen LogP contribution >= 0.6 is 30.8 Å². The summed E-state index contributed by atoms with van der Waals surface area (Å²) in [4.78, 5) is 7.74. The highest BCUT2D eigenvalue weighted by Crippen LogP contribution is 2.36. The fourth-order valence-electron chi connectivity index (χ4n) is 0.195. The Balaban J connectivity index is 3.40. The average Bonchev–Trinajstić information content (AvgIpc) is 1.59. The molecular weight excluding hydrogens is 186 g/mol. The van der Waals surface area contributed by atoms with Crippen molar-refractivity contribution in [2.75, 3.05) is 13.3 Å². The maximum absolute atomic E-state index is 10.3. The van der Waals surface area contributed by atoms with Gasteiger partial charge < -0.3 is 9.42 Å². The normalized spacial score (nSPS) is 17.9. The van der Waals surface area contributed by atoms with Gasteiger partial charge in [-0.3, -0.25) is 4.57 Å². The van der Waals surface area contributed by atoms with Crippen molar-refractivity contribution in [1.29, 1.82) is 0 Å². The molecule has 1 unspecified atom stereocenters. The summed E-state index contributed by atoms with van der Waals surface area (Å²) in [7, 11) is -3.39. The third kappa shape index (κ3) is 8.73. The van der Waals surface area contributed by atoms with Gasteiger partial charge in [-0.1, -0.05) is 0 Å². The lowest BCUT2D eigenvalue weighted by Gasteiger charge is -2.05. The van der Waals surface area contributed by atoms with Crippen LogP contribution in [-0.4, -0.2) is 23.0 Å². The zero-order valence-electron chi connectivity index (χ0n) is 4.75. The van der Waals surface area contributed by atoms with Gasteiger partial charge in [-0.25, -0.2) is 0 Å². The molecule has 3 nitrogen and oxygen atoms in total. The van der Waals surface area contributed by atoms with Gasteiger partial charge in [-0.15, -0.1) is 23.2 Å². The van der Waals surface area contributed by atoms with E-state index in [1.54, 1.807) is 0 Å². The maximum Gasteiger partial charge on any atom is 0.325 e. The van der Waals surface area contributed by atoms with E-state index in [0.717, 1.165) is 6.66 Å². The zero-order chi connectivity index (χ0) is 7.49. The van der Waals surface area contributed by atoms with Gasteiger partial charge in [0.2, 0.25) is 0 Å². The second-order valence-electron chi connectivity index (χ2n) is 1.49. The van der Waals surface area contributed by atoms with Gasteiger partial charge in [0.15, 0.2) is 0 Å². The molecule has 0 aliphatic rings. The Kier molecular flexibility index (Phi) is 4.10. The van der Waals surface area contributed by atoms with E-state index in [0.29, 0.717) is 0 Å². The number of hydrogen-bond acceptors (Lipinski definition) is 2. The summed E-state index contributed by atoms with van der Waals surface area (Å²) in [5.41, 5.74) is 0. The van der Waals surface area contributed by atoms with Crippen molar-refractivity contribution in [3.8, 4) is 0 Å². The molecular formula is C3H7Cl2O3P. The first-order valence-corrected chi connectivity index (χ1v) is 5.04. The Bertz CT molecular complexity index is 120. The van der Waals surface area contributed by atoms with E-state index in [2.05, 4.69) is 4.52 Å². The number of halogens is 2. The highest BCUT2D eigenvalue weighted by molar-refractivity contribution is 7.51. The predicted octanol–water partition coefficient (Wildman–Crippen LogP) is 1.62. The second-order valence-corrected chi connectivity index (χ2v) is 4.63. The van der Waals surface area contributed by atoms with Crippen LogP contribution in [0.4, 0.5) is 0 Å². The number of alkyl halides is 2. The molecule has 0 bridgehead atoms. The highest BCUT2D eigenvalue weighted by atomic mass is 35.5. The van der Waals surface area contributed by atoms with Crippen LogP contribution in [0.25, 0.3) is 0 Å². The van der Waals surface area contributed by atoms with Crippen LogP contribution in [0.2, 0.25) is 0 Å². The minimum atomic E-state index is -3.39. The molecule has 9 heavy (non-hydrogen) atoms. The van der Waals surface area contributed by atoms with Crippen LogP contribution in [0.3, 0.4) is 0 Å². The monoisotopic (exact) mass is 192 g/mol. The molecule has 1 N–H and O–H groups in total. The van der Waals surface area contributed by atoms with Crippen molar-refractivity contribution in [2.24, 2.45) is 0 Å². The molecule has 0 aromatic carbocycles. The first-order valence-electron chi connectivity index (χ1n) is 2.15. The smallest absolute Gasteiger partial charge is 0.324 e. The first kappa shape index (κ1) is 9.73. The lowest BCUT2D eigenvalue weighted by molar-refractivity contribution is 0.276. The van der Waals surface area contributed by atoms with Gasteiger partial charge >= 0.3 is 7.60 Å². The Hall–Kier alpha value is 0.730. The summed E-state index contributed by atoms with van der Waals surface area (Å²) in [5.74, 6) is 0. The molecule has 0 amide bonds. The Morgan fingerprint density at radius 3 is 2.33 bits per heavy atom. The molecule has 56 valence electrons. The van der Waals surface area contributed by atoms with Gasteiger partial charge in [0.25, 0.3) is 0 Å². The van der Waals surface area contributed by atoms with Crippen molar-refractivity contribution >= 4 is 30.8 Å². The minimum absolute atomic E-state index is 0.118. The van der Waals surface area contributed by atoms with Crippen molar-refractivity contribution in [2.45, 2.75) is 4.84 Å². The van der Waals surface area contributed by atoms with Gasteiger partial charge in [0.05, 0.1) is 6.61 Å². The molecule has 0 saturated heterocycles. The molecule has 0 aromatic heterocycles. The summed E-state index contributed by atoms with van der Waals surface area (Å²) >= 11 is 10.4. The largest absolute Gasteiger partial charge is 0.325 e. The topological polar surface area (TPSA) is 46.5 Å². The van der Waals surface area contributed by atoms with Crippen LogP contribution in [0.15, 0.2) is 0 Å². The lowest BCUT2D eigenvalue weighted by atomic mass is 10.9. The van der Waals surface area contributed by atoms with E-state index >= 15 is 0 Å². The van der Waals surface area contributed by atoms with E-state index in [1.165, 1.54) is 0 Å². The summed E-state index contributed by atoms with van der Waals surface area (Å²) < 4.78 is 14.7. The third-order valence-corrected chi connectivity index (χ3v) is 1.32. The van der Waals surface area contributed by atoms with E-state index < -0.39 is 12.4 Å². The Morgan fingerprint density at radius 2 is 2.22 bits per heavy atom. The summed E-state index contributed by atoms with van der Waals surface area (Å²) in [6.45, 7) is 0.955. The molecule has 0 heterocycles. The predicted molar refractivity (Wildman–Crippen MR) is 37.2 cm³/mol. The summed E-state index contributed by atoms with van der Waals surface area (Å²) in [6.07, 6.45) is 0. The van der Waals surface area contributed by atoms with E-state index in [-0.39, 0.29) is 6.61 Å². The molecule has 0 fully saturated rings. The van der Waals surface area contributed by atoms with Gasteiger partial charge in [0.1, 0.15) is 4.84 Å². The standard InChI is InChI=1S/C3H7Cl2O3P/c1-9(6,7)8-2-3(4)5/h3H,2H2,1H3,(H,6,7). The van der Waals surface area contributed by atoms with Gasteiger partial charge in [-0.2, -0.15) is 0 Å². The first-order chi connectivity index (χ1) is 3.92. The molecule has 6 heteroatoms.